The summed E-state index contributed by atoms with van der Waals surface area (Å²) in [6.07, 6.45) is 6.11. The number of rotatable bonds is 3. The summed E-state index contributed by atoms with van der Waals surface area (Å²) in [6, 6.07) is 5.07. The number of benzene rings is 1. The first-order chi connectivity index (χ1) is 12.1. The molecule has 1 amide bonds. The van der Waals surface area contributed by atoms with Gasteiger partial charge in [0.1, 0.15) is 5.82 Å². The number of hydrogen-bond acceptors (Lipinski definition) is 4. The van der Waals surface area contributed by atoms with Crippen molar-refractivity contribution < 1.29 is 9.90 Å². The molecule has 0 spiro atoms. The molecule has 0 bridgehead atoms. The van der Waals surface area contributed by atoms with Gasteiger partial charge >= 0.3 is 0 Å². The molecule has 4 rings (SSSR count). The third-order valence-electron chi connectivity index (χ3n) is 4.40. The zero-order valence-electron chi connectivity index (χ0n) is 13.1. The van der Waals surface area contributed by atoms with E-state index in [4.69, 9.17) is 23.2 Å². The quantitative estimate of drug-likeness (QED) is 0.761. The SMILES string of the molecule is O=C1CCC(CO)N1c1cc(-n2ccnc2)c2ccc(Cl)c(Cl)c2n1. The Labute approximate surface area is 153 Å². The number of carbonyl (C=O) groups is 1. The molecule has 0 aliphatic carbocycles. The van der Waals surface area contributed by atoms with E-state index in [1.165, 1.54) is 4.90 Å². The van der Waals surface area contributed by atoms with Gasteiger partial charge in [0.05, 0.1) is 40.2 Å². The highest BCUT2D eigenvalue weighted by atomic mass is 35.5. The minimum absolute atomic E-state index is 0.0689. The Bertz CT molecular complexity index is 959. The summed E-state index contributed by atoms with van der Waals surface area (Å²) >= 11 is 12.5. The summed E-state index contributed by atoms with van der Waals surface area (Å²) in [5, 5.41) is 11.1. The Kier molecular flexibility index (Phi) is 4.11. The molecule has 1 aromatic carbocycles. The number of aliphatic hydroxyl groups is 1. The molecule has 0 saturated carbocycles. The highest BCUT2D eigenvalue weighted by Crippen LogP contribution is 2.36. The van der Waals surface area contributed by atoms with Crippen molar-refractivity contribution in [3.05, 3.63) is 47.0 Å². The summed E-state index contributed by atoms with van der Waals surface area (Å²) in [7, 11) is 0. The van der Waals surface area contributed by atoms with Crippen molar-refractivity contribution in [2.45, 2.75) is 18.9 Å². The minimum Gasteiger partial charge on any atom is -0.394 e. The maximum atomic E-state index is 12.3. The van der Waals surface area contributed by atoms with E-state index in [0.717, 1.165) is 11.1 Å². The predicted octanol–water partition coefficient (Wildman–Crippen LogP) is 3.22. The third kappa shape index (κ3) is 2.66. The van der Waals surface area contributed by atoms with Crippen LogP contribution in [0, 0.1) is 0 Å². The average molecular weight is 377 g/mol. The lowest BCUT2D eigenvalue weighted by Crippen LogP contribution is -2.36. The van der Waals surface area contributed by atoms with E-state index in [-0.39, 0.29) is 18.6 Å². The Balaban J connectivity index is 2.00. The van der Waals surface area contributed by atoms with Gasteiger partial charge in [0.25, 0.3) is 0 Å². The van der Waals surface area contributed by atoms with Crippen LogP contribution in [0.1, 0.15) is 12.8 Å². The van der Waals surface area contributed by atoms with E-state index in [9.17, 15) is 9.90 Å². The second-order valence-electron chi connectivity index (χ2n) is 5.87. The van der Waals surface area contributed by atoms with Crippen LogP contribution in [0.3, 0.4) is 0 Å². The average Bonchev–Trinajstić information content (AvgIpc) is 3.27. The third-order valence-corrected chi connectivity index (χ3v) is 5.20. The maximum Gasteiger partial charge on any atom is 0.228 e. The monoisotopic (exact) mass is 376 g/mol. The molecule has 8 heteroatoms. The number of aromatic nitrogens is 3. The molecule has 2 aromatic heterocycles. The number of carbonyl (C=O) groups excluding carboxylic acids is 1. The number of anilines is 1. The van der Waals surface area contributed by atoms with E-state index in [1.54, 1.807) is 30.9 Å². The predicted molar refractivity (Wildman–Crippen MR) is 96.5 cm³/mol. The molecule has 3 aromatic rings. The number of hydrogen-bond donors (Lipinski definition) is 1. The topological polar surface area (TPSA) is 71.2 Å². The lowest BCUT2D eigenvalue weighted by molar-refractivity contribution is -0.117. The minimum atomic E-state index is -0.286. The first kappa shape index (κ1) is 16.3. The molecule has 128 valence electrons. The van der Waals surface area contributed by atoms with Gasteiger partial charge in [-0.2, -0.15) is 0 Å². The summed E-state index contributed by atoms with van der Waals surface area (Å²) in [6.45, 7) is -0.116. The maximum absolute atomic E-state index is 12.3. The highest BCUT2D eigenvalue weighted by molar-refractivity contribution is 6.45. The molecule has 1 aliphatic rings. The zero-order chi connectivity index (χ0) is 17.6. The number of halogens is 2. The Hall–Kier alpha value is -2.15. The van der Waals surface area contributed by atoms with Crippen molar-refractivity contribution in [3.63, 3.8) is 0 Å². The standard InChI is InChI=1S/C17H14Cl2N4O2/c18-12-3-2-11-13(22-6-5-20-9-22)7-14(21-17(11)16(12)19)23-10(8-24)1-4-15(23)25/h2-3,5-7,9-10,24H,1,4,8H2. The first-order valence-electron chi connectivity index (χ1n) is 7.80. The molecule has 1 saturated heterocycles. The van der Waals surface area contributed by atoms with Gasteiger partial charge in [-0.1, -0.05) is 23.2 Å². The van der Waals surface area contributed by atoms with Crippen LogP contribution in [0.2, 0.25) is 10.0 Å². The van der Waals surface area contributed by atoms with E-state index >= 15 is 0 Å². The van der Waals surface area contributed by atoms with E-state index in [0.29, 0.717) is 34.2 Å². The number of aliphatic hydroxyl groups excluding tert-OH is 1. The fourth-order valence-corrected chi connectivity index (χ4v) is 3.53. The largest absolute Gasteiger partial charge is 0.394 e. The van der Waals surface area contributed by atoms with Crippen molar-refractivity contribution in [1.29, 1.82) is 0 Å². The molecule has 1 atom stereocenters. The van der Waals surface area contributed by atoms with Crippen LogP contribution in [0.4, 0.5) is 5.82 Å². The van der Waals surface area contributed by atoms with Gasteiger partial charge in [0, 0.05) is 30.3 Å². The van der Waals surface area contributed by atoms with Crippen LogP contribution in [0.25, 0.3) is 16.6 Å². The van der Waals surface area contributed by atoms with Crippen molar-refractivity contribution in [2.24, 2.45) is 0 Å². The van der Waals surface area contributed by atoms with Gasteiger partial charge in [-0.05, 0) is 18.6 Å². The van der Waals surface area contributed by atoms with Gasteiger partial charge in [0.15, 0.2) is 0 Å². The molecular weight excluding hydrogens is 363 g/mol. The van der Waals surface area contributed by atoms with Gasteiger partial charge in [0.2, 0.25) is 5.91 Å². The van der Waals surface area contributed by atoms with E-state index in [2.05, 4.69) is 9.97 Å². The molecule has 1 unspecified atom stereocenters. The molecule has 1 N–H and O–H groups in total. The molecule has 3 heterocycles. The number of fused-ring (bicyclic) bond motifs is 1. The van der Waals surface area contributed by atoms with Crippen molar-refractivity contribution in [3.8, 4) is 5.69 Å². The van der Waals surface area contributed by atoms with Crippen LogP contribution in [-0.2, 0) is 4.79 Å². The fourth-order valence-electron chi connectivity index (χ4n) is 3.17. The number of nitrogens with zero attached hydrogens (tertiary/aromatic N) is 4. The van der Waals surface area contributed by atoms with Crippen LogP contribution in [0.15, 0.2) is 36.9 Å². The van der Waals surface area contributed by atoms with Crippen LogP contribution < -0.4 is 4.90 Å². The summed E-state index contributed by atoms with van der Waals surface area (Å²) in [5.74, 6) is 0.377. The van der Waals surface area contributed by atoms with Crippen LogP contribution in [-0.4, -0.2) is 38.2 Å². The summed E-state index contributed by atoms with van der Waals surface area (Å²) in [5.41, 5.74) is 1.29. The second-order valence-corrected chi connectivity index (χ2v) is 6.65. The lowest BCUT2D eigenvalue weighted by atomic mass is 10.1. The van der Waals surface area contributed by atoms with E-state index in [1.807, 2.05) is 10.6 Å². The summed E-state index contributed by atoms with van der Waals surface area (Å²) in [4.78, 5) is 22.5. The molecule has 1 fully saturated rings. The molecular formula is C17H14Cl2N4O2. The molecule has 1 aliphatic heterocycles. The van der Waals surface area contributed by atoms with Crippen LogP contribution >= 0.6 is 23.2 Å². The van der Waals surface area contributed by atoms with Gasteiger partial charge in [-0.3, -0.25) is 9.69 Å². The van der Waals surface area contributed by atoms with Crippen molar-refractivity contribution >= 4 is 45.8 Å². The molecule has 25 heavy (non-hydrogen) atoms. The first-order valence-corrected chi connectivity index (χ1v) is 8.55. The molecule has 0 radical (unpaired) electrons. The normalized spacial score (nSPS) is 17.6. The zero-order valence-corrected chi connectivity index (χ0v) is 14.6. The number of imidazole rings is 1. The highest BCUT2D eigenvalue weighted by Gasteiger charge is 2.33. The Morgan fingerprint density at radius 2 is 2.16 bits per heavy atom. The smallest absolute Gasteiger partial charge is 0.228 e. The van der Waals surface area contributed by atoms with E-state index < -0.39 is 0 Å². The van der Waals surface area contributed by atoms with Gasteiger partial charge < -0.3 is 9.67 Å². The Morgan fingerprint density at radius 3 is 2.88 bits per heavy atom. The van der Waals surface area contributed by atoms with Crippen LogP contribution in [0.5, 0.6) is 0 Å². The second kappa shape index (κ2) is 6.29. The number of amides is 1. The lowest BCUT2D eigenvalue weighted by Gasteiger charge is -2.23. The van der Waals surface area contributed by atoms with Crippen molar-refractivity contribution in [1.82, 2.24) is 14.5 Å². The fraction of sp³-hybridized carbons (Fsp3) is 0.235. The number of pyridine rings is 1. The van der Waals surface area contributed by atoms with Gasteiger partial charge in [-0.15, -0.1) is 0 Å². The summed E-state index contributed by atoms with van der Waals surface area (Å²) < 4.78 is 1.83. The molecule has 6 nitrogen and oxygen atoms in total. The Morgan fingerprint density at radius 1 is 1.32 bits per heavy atom. The van der Waals surface area contributed by atoms with Gasteiger partial charge in [-0.25, -0.2) is 9.97 Å². The van der Waals surface area contributed by atoms with Crippen molar-refractivity contribution in [2.75, 3.05) is 11.5 Å².